The first-order valence-electron chi connectivity index (χ1n) is 20.9. The highest BCUT2D eigenvalue weighted by Gasteiger charge is 2.63. The van der Waals surface area contributed by atoms with Crippen molar-refractivity contribution in [1.82, 2.24) is 0 Å². The topological polar surface area (TPSA) is 111 Å². The van der Waals surface area contributed by atoms with Crippen molar-refractivity contribution in [3.05, 3.63) is 95.1 Å². The molecule has 286 valence electrons. The summed E-state index contributed by atoms with van der Waals surface area (Å²) in [5.41, 5.74) is 20.6. The summed E-state index contributed by atoms with van der Waals surface area (Å²) < 4.78 is 14.8. The van der Waals surface area contributed by atoms with Crippen LogP contribution in [0.2, 0.25) is 0 Å². The zero-order valence-electron chi connectivity index (χ0n) is 32.9. The van der Waals surface area contributed by atoms with Crippen LogP contribution in [0.15, 0.2) is 72.8 Å². The van der Waals surface area contributed by atoms with Crippen LogP contribution in [-0.2, 0) is 16.6 Å². The number of nitrogens with two attached hydrogens (primary N) is 2. The van der Waals surface area contributed by atoms with Crippen LogP contribution in [0.5, 0.6) is 23.0 Å². The Bertz CT molecular complexity index is 2110. The zero-order chi connectivity index (χ0) is 38.0. The van der Waals surface area contributed by atoms with Crippen LogP contribution in [0.1, 0.15) is 127 Å². The van der Waals surface area contributed by atoms with E-state index < -0.39 is 5.79 Å². The first-order chi connectivity index (χ1) is 26.0. The Kier molecular flexibility index (Phi) is 6.51. The lowest BCUT2D eigenvalue weighted by Gasteiger charge is -2.65. The maximum atomic E-state index is 11.8. The third kappa shape index (κ3) is 4.78. The maximum absolute atomic E-state index is 11.8. The Balaban J connectivity index is 1.06. The monoisotopic (exact) mass is 736 g/mol. The zero-order valence-corrected chi connectivity index (χ0v) is 32.9. The van der Waals surface area contributed by atoms with Crippen LogP contribution >= 0.6 is 0 Å². The van der Waals surface area contributed by atoms with Crippen LogP contribution in [0.25, 0.3) is 11.1 Å². The first-order valence-corrected chi connectivity index (χ1v) is 20.9. The molecule has 0 aliphatic heterocycles. The highest BCUT2D eigenvalue weighted by atomic mass is 16.7. The number of benzene rings is 4. The van der Waals surface area contributed by atoms with E-state index in [0.29, 0.717) is 34.7 Å². The highest BCUT2D eigenvalue weighted by molar-refractivity contribution is 5.80. The molecule has 0 heterocycles. The molecule has 6 nitrogen and oxygen atoms in total. The molecule has 8 bridgehead atoms. The van der Waals surface area contributed by atoms with Crippen LogP contribution in [0, 0.1) is 33.5 Å². The van der Waals surface area contributed by atoms with E-state index in [4.69, 9.17) is 20.9 Å². The Morgan fingerprint density at radius 3 is 1.22 bits per heavy atom. The van der Waals surface area contributed by atoms with Gasteiger partial charge in [-0.3, -0.25) is 0 Å². The van der Waals surface area contributed by atoms with E-state index >= 15 is 0 Å². The lowest BCUT2D eigenvalue weighted by atomic mass is 9.39. The molecule has 6 N–H and O–H groups in total. The Morgan fingerprint density at radius 2 is 0.855 bits per heavy atom. The van der Waals surface area contributed by atoms with Gasteiger partial charge in [0.2, 0.25) is 0 Å². The summed E-state index contributed by atoms with van der Waals surface area (Å²) in [5, 5.41) is 23.6. The molecule has 6 heteroatoms. The van der Waals surface area contributed by atoms with Crippen LogP contribution in [0.4, 0.5) is 11.4 Å². The first kappa shape index (κ1) is 34.0. The molecule has 4 aromatic carbocycles. The molecule has 8 fully saturated rings. The minimum Gasteiger partial charge on any atom is -0.505 e. The summed E-state index contributed by atoms with van der Waals surface area (Å²) in [4.78, 5) is 0. The van der Waals surface area contributed by atoms with Gasteiger partial charge in [-0.2, -0.15) is 0 Å². The molecule has 4 unspecified atom stereocenters. The van der Waals surface area contributed by atoms with Gasteiger partial charge in [0.05, 0.1) is 11.4 Å². The van der Waals surface area contributed by atoms with Gasteiger partial charge in [0.1, 0.15) is 23.0 Å². The van der Waals surface area contributed by atoms with Crippen molar-refractivity contribution in [3.8, 4) is 34.1 Å². The fourth-order valence-electron chi connectivity index (χ4n) is 16.4. The molecule has 4 aromatic rings. The van der Waals surface area contributed by atoms with Gasteiger partial charge >= 0.3 is 5.79 Å². The molecule has 9 aliphatic carbocycles. The third-order valence-corrected chi connectivity index (χ3v) is 16.0. The Labute approximate surface area is 325 Å². The number of hydrogen-bond acceptors (Lipinski definition) is 6. The summed E-state index contributed by atoms with van der Waals surface area (Å²) >= 11 is 0. The predicted molar refractivity (Wildman–Crippen MR) is 217 cm³/mol. The summed E-state index contributed by atoms with van der Waals surface area (Å²) in [6, 6.07) is 24.3. The quantitative estimate of drug-likeness (QED) is 0.0891. The highest BCUT2D eigenvalue weighted by Crippen LogP contribution is 2.72. The van der Waals surface area contributed by atoms with Gasteiger partial charge in [-0.25, -0.2) is 0 Å². The Morgan fingerprint density at radius 1 is 0.491 bits per heavy atom. The molecule has 0 spiro atoms. The van der Waals surface area contributed by atoms with Crippen molar-refractivity contribution >= 4 is 11.4 Å². The van der Waals surface area contributed by atoms with E-state index in [-0.39, 0.29) is 44.0 Å². The maximum Gasteiger partial charge on any atom is 0.306 e. The predicted octanol–water partition coefficient (Wildman–Crippen LogP) is 11.1. The van der Waals surface area contributed by atoms with E-state index in [1.807, 2.05) is 12.1 Å². The molecule has 9 aliphatic rings. The average Bonchev–Trinajstić information content (AvgIpc) is 3.33. The molecule has 0 radical (unpaired) electrons. The number of hydrogen-bond donors (Lipinski definition) is 4. The van der Waals surface area contributed by atoms with E-state index in [1.54, 1.807) is 12.1 Å². The van der Waals surface area contributed by atoms with Crippen LogP contribution in [0.3, 0.4) is 0 Å². The number of ether oxygens (including phenoxy) is 2. The van der Waals surface area contributed by atoms with Crippen LogP contribution < -0.4 is 20.9 Å². The number of rotatable bonds is 6. The summed E-state index contributed by atoms with van der Waals surface area (Å²) in [6.07, 6.45) is 13.9. The smallest absolute Gasteiger partial charge is 0.306 e. The lowest BCUT2D eigenvalue weighted by molar-refractivity contribution is -0.110. The van der Waals surface area contributed by atoms with Gasteiger partial charge in [-0.15, -0.1) is 0 Å². The van der Waals surface area contributed by atoms with Crippen molar-refractivity contribution in [3.63, 3.8) is 0 Å². The van der Waals surface area contributed by atoms with Crippen molar-refractivity contribution in [2.75, 3.05) is 11.5 Å². The molecule has 4 atom stereocenters. The fraction of sp³-hybridized carbons (Fsp3) is 0.510. The molecular formula is C49H56N2O4. The second-order valence-corrected chi connectivity index (χ2v) is 21.5. The number of phenolic OH excluding ortho intramolecular Hbond substituents is 2. The van der Waals surface area contributed by atoms with Gasteiger partial charge in [-0.1, -0.05) is 76.2 Å². The van der Waals surface area contributed by atoms with Gasteiger partial charge in [0.15, 0.2) is 0 Å². The Hall–Kier alpha value is -4.32. The van der Waals surface area contributed by atoms with Gasteiger partial charge in [0.25, 0.3) is 0 Å². The summed E-state index contributed by atoms with van der Waals surface area (Å²) in [6.45, 7) is 9.84. The number of aromatic hydroxyl groups is 2. The number of nitrogen functional groups attached to an aromatic ring is 2. The number of phenols is 2. The van der Waals surface area contributed by atoms with Crippen molar-refractivity contribution in [1.29, 1.82) is 0 Å². The molecule has 55 heavy (non-hydrogen) atoms. The summed E-state index contributed by atoms with van der Waals surface area (Å²) in [7, 11) is 0. The number of fused-ring (bicyclic) bond motifs is 3. The molecule has 8 saturated carbocycles. The van der Waals surface area contributed by atoms with Gasteiger partial charge in [0, 0.05) is 45.2 Å². The standard InChI is InChI=1S/C49H56N2O4/c1-43-17-29-18-44(2,23-43)26-47(21-29,25-43)37-13-31(15-39(50)41(37)52)54-49(35-11-7-5-9-33(35)34-10-6-8-12-36(34)49)55-32-14-38(42(53)40(51)16-32)48-22-30-19-45(3,27-48)24-46(4,20-30)28-48/h5-16,29-30,52-53H,17-28,50-51H2,1-4H3. The second kappa shape index (κ2) is 10.5. The van der Waals surface area contributed by atoms with Crippen molar-refractivity contribution in [2.45, 2.75) is 121 Å². The van der Waals surface area contributed by atoms with E-state index in [0.717, 1.165) is 71.9 Å². The third-order valence-electron chi connectivity index (χ3n) is 16.0. The normalized spacial score (nSPS) is 38.2. The molecule has 13 rings (SSSR count). The molecule has 0 amide bonds. The SMILES string of the molecule is CC12CC3CC(C)(C1)CC(c1cc(OC4(Oc5cc(N)c(O)c(C67CC8CC(C)(CC(C)(C8)C6)C7)c5)c5ccccc5-c5ccccc54)cc(N)c1O)(C3)C2. The molecular weight excluding hydrogens is 681 g/mol. The van der Waals surface area contributed by atoms with Gasteiger partial charge in [-0.05, 0) is 134 Å². The fourth-order valence-corrected chi connectivity index (χ4v) is 16.4. The minimum atomic E-state index is -1.40. The van der Waals surface area contributed by atoms with Crippen LogP contribution in [-0.4, -0.2) is 10.2 Å². The largest absolute Gasteiger partial charge is 0.505 e. The van der Waals surface area contributed by atoms with E-state index in [2.05, 4.69) is 76.2 Å². The second-order valence-electron chi connectivity index (χ2n) is 21.5. The summed E-state index contributed by atoms with van der Waals surface area (Å²) in [5.74, 6) is 1.41. The van der Waals surface area contributed by atoms with Crippen molar-refractivity contribution in [2.24, 2.45) is 33.5 Å². The molecule has 0 aromatic heterocycles. The lowest BCUT2D eigenvalue weighted by Crippen LogP contribution is -2.56. The average molecular weight is 737 g/mol. The number of anilines is 2. The minimum absolute atomic E-state index is 0.161. The van der Waals surface area contributed by atoms with E-state index in [1.165, 1.54) is 38.5 Å². The van der Waals surface area contributed by atoms with Crippen molar-refractivity contribution < 1.29 is 19.7 Å². The van der Waals surface area contributed by atoms with E-state index in [9.17, 15) is 10.2 Å². The van der Waals surface area contributed by atoms with Gasteiger partial charge < -0.3 is 31.2 Å². The molecule has 0 saturated heterocycles.